The number of halogens is 1. The standard InChI is InChI=1S/C13H18ClNO3/c1-7-6-9(14)13(18-3)12(8(7)2)10(15)4-5-11(16)17/h6,10H,4-5,15H2,1-3H3,(H,16,17). The Hall–Kier alpha value is -1.26. The van der Waals surface area contributed by atoms with Crippen LogP contribution in [0.2, 0.25) is 5.02 Å². The average molecular weight is 272 g/mol. The van der Waals surface area contributed by atoms with Crippen LogP contribution in [0.5, 0.6) is 5.75 Å². The number of benzene rings is 1. The lowest BCUT2D eigenvalue weighted by Crippen LogP contribution is -2.15. The first-order valence-corrected chi connectivity index (χ1v) is 6.07. The third kappa shape index (κ3) is 3.15. The van der Waals surface area contributed by atoms with Crippen LogP contribution >= 0.6 is 11.6 Å². The molecule has 0 aliphatic carbocycles. The van der Waals surface area contributed by atoms with E-state index in [1.165, 1.54) is 7.11 Å². The molecular formula is C13H18ClNO3. The number of rotatable bonds is 5. The van der Waals surface area contributed by atoms with Gasteiger partial charge in [-0.3, -0.25) is 4.79 Å². The van der Waals surface area contributed by atoms with Crippen LogP contribution in [0.4, 0.5) is 0 Å². The maximum Gasteiger partial charge on any atom is 0.303 e. The monoisotopic (exact) mass is 271 g/mol. The van der Waals surface area contributed by atoms with Gasteiger partial charge in [0.15, 0.2) is 0 Å². The Balaban J connectivity index is 3.16. The lowest BCUT2D eigenvalue weighted by Gasteiger charge is -2.20. The zero-order chi connectivity index (χ0) is 13.9. The molecule has 3 N–H and O–H groups in total. The quantitative estimate of drug-likeness (QED) is 0.864. The minimum atomic E-state index is -0.860. The van der Waals surface area contributed by atoms with Gasteiger partial charge >= 0.3 is 5.97 Å². The predicted molar refractivity (Wildman–Crippen MR) is 71.3 cm³/mol. The van der Waals surface area contributed by atoms with E-state index in [1.807, 2.05) is 19.9 Å². The Kier molecular flexibility index (Phi) is 4.99. The van der Waals surface area contributed by atoms with Crippen molar-refractivity contribution in [3.8, 4) is 5.75 Å². The zero-order valence-electron chi connectivity index (χ0n) is 10.8. The third-order valence-corrected chi connectivity index (χ3v) is 3.33. The van der Waals surface area contributed by atoms with Crippen LogP contribution in [0, 0.1) is 13.8 Å². The van der Waals surface area contributed by atoms with Gasteiger partial charge in [0.25, 0.3) is 0 Å². The molecule has 0 radical (unpaired) electrons. The maximum absolute atomic E-state index is 10.6. The van der Waals surface area contributed by atoms with Crippen LogP contribution < -0.4 is 10.5 Å². The zero-order valence-corrected chi connectivity index (χ0v) is 11.5. The van der Waals surface area contributed by atoms with Crippen molar-refractivity contribution in [1.82, 2.24) is 0 Å². The van der Waals surface area contributed by atoms with E-state index >= 15 is 0 Å². The van der Waals surface area contributed by atoms with Crippen LogP contribution in [0.25, 0.3) is 0 Å². The van der Waals surface area contributed by atoms with Gasteiger partial charge in [-0.2, -0.15) is 0 Å². The van der Waals surface area contributed by atoms with Gasteiger partial charge < -0.3 is 15.6 Å². The second-order valence-electron chi connectivity index (χ2n) is 4.29. The first-order chi connectivity index (χ1) is 8.38. The largest absolute Gasteiger partial charge is 0.495 e. The molecule has 0 aliphatic heterocycles. The number of hydrogen-bond acceptors (Lipinski definition) is 3. The molecule has 0 saturated carbocycles. The Morgan fingerprint density at radius 1 is 1.56 bits per heavy atom. The highest BCUT2D eigenvalue weighted by molar-refractivity contribution is 6.32. The lowest BCUT2D eigenvalue weighted by molar-refractivity contribution is -0.137. The first-order valence-electron chi connectivity index (χ1n) is 5.69. The van der Waals surface area contributed by atoms with Gasteiger partial charge in [-0.05, 0) is 37.5 Å². The number of methoxy groups -OCH3 is 1. The third-order valence-electron chi connectivity index (χ3n) is 3.04. The van der Waals surface area contributed by atoms with E-state index in [-0.39, 0.29) is 6.42 Å². The summed E-state index contributed by atoms with van der Waals surface area (Å²) in [5.41, 5.74) is 8.86. The van der Waals surface area contributed by atoms with Crippen LogP contribution in [-0.2, 0) is 4.79 Å². The van der Waals surface area contributed by atoms with E-state index in [1.54, 1.807) is 0 Å². The molecule has 0 saturated heterocycles. The van der Waals surface area contributed by atoms with Gasteiger partial charge in [-0.1, -0.05) is 11.6 Å². The SMILES string of the molecule is COc1c(Cl)cc(C)c(C)c1C(N)CCC(=O)O. The van der Waals surface area contributed by atoms with Crippen molar-refractivity contribution in [2.24, 2.45) is 5.73 Å². The molecule has 0 amide bonds. The molecule has 0 heterocycles. The molecule has 0 fully saturated rings. The van der Waals surface area contributed by atoms with Gasteiger partial charge in [-0.25, -0.2) is 0 Å². The van der Waals surface area contributed by atoms with Gasteiger partial charge in [0.1, 0.15) is 5.75 Å². The van der Waals surface area contributed by atoms with Crippen molar-refractivity contribution in [1.29, 1.82) is 0 Å². The Morgan fingerprint density at radius 2 is 2.17 bits per heavy atom. The van der Waals surface area contributed by atoms with E-state index in [2.05, 4.69) is 0 Å². The number of carboxylic acid groups (broad SMARTS) is 1. The van der Waals surface area contributed by atoms with Crippen molar-refractivity contribution in [2.75, 3.05) is 7.11 Å². The maximum atomic E-state index is 10.6. The van der Waals surface area contributed by atoms with E-state index in [9.17, 15) is 4.79 Å². The number of carbonyl (C=O) groups is 1. The molecule has 1 rings (SSSR count). The topological polar surface area (TPSA) is 72.5 Å². The number of carboxylic acids is 1. The summed E-state index contributed by atoms with van der Waals surface area (Å²) >= 11 is 6.12. The molecule has 0 bridgehead atoms. The van der Waals surface area contributed by atoms with Crippen molar-refractivity contribution < 1.29 is 14.6 Å². The molecule has 4 nitrogen and oxygen atoms in total. The van der Waals surface area contributed by atoms with Crippen molar-refractivity contribution in [2.45, 2.75) is 32.7 Å². The number of hydrogen-bond donors (Lipinski definition) is 2. The second kappa shape index (κ2) is 6.07. The van der Waals surface area contributed by atoms with E-state index < -0.39 is 12.0 Å². The van der Waals surface area contributed by atoms with Crippen molar-refractivity contribution >= 4 is 17.6 Å². The Labute approximate surface area is 112 Å². The number of ether oxygens (including phenoxy) is 1. The average Bonchev–Trinajstić information content (AvgIpc) is 2.30. The summed E-state index contributed by atoms with van der Waals surface area (Å²) in [7, 11) is 1.53. The fraction of sp³-hybridized carbons (Fsp3) is 0.462. The number of aliphatic carboxylic acids is 1. The molecule has 0 spiro atoms. The molecule has 1 aromatic rings. The molecule has 18 heavy (non-hydrogen) atoms. The Morgan fingerprint density at radius 3 is 2.67 bits per heavy atom. The van der Waals surface area contributed by atoms with Gasteiger partial charge in [0.2, 0.25) is 0 Å². The molecule has 0 aliphatic rings. The first kappa shape index (κ1) is 14.8. The highest BCUT2D eigenvalue weighted by Gasteiger charge is 2.20. The Bertz CT molecular complexity index is 460. The molecule has 1 atom stereocenters. The van der Waals surface area contributed by atoms with Crippen LogP contribution in [-0.4, -0.2) is 18.2 Å². The summed E-state index contributed by atoms with van der Waals surface area (Å²) < 4.78 is 5.28. The summed E-state index contributed by atoms with van der Waals surface area (Å²) in [4.78, 5) is 10.6. The van der Waals surface area contributed by atoms with Gasteiger partial charge in [-0.15, -0.1) is 0 Å². The van der Waals surface area contributed by atoms with E-state index in [0.717, 1.165) is 16.7 Å². The van der Waals surface area contributed by atoms with Crippen LogP contribution in [0.15, 0.2) is 6.07 Å². The van der Waals surface area contributed by atoms with Crippen LogP contribution in [0.3, 0.4) is 0 Å². The smallest absolute Gasteiger partial charge is 0.303 e. The molecular weight excluding hydrogens is 254 g/mol. The number of nitrogens with two attached hydrogens (primary N) is 1. The summed E-state index contributed by atoms with van der Waals surface area (Å²) in [5, 5.41) is 9.20. The van der Waals surface area contributed by atoms with Crippen molar-refractivity contribution in [3.63, 3.8) is 0 Å². The highest BCUT2D eigenvalue weighted by atomic mass is 35.5. The summed E-state index contributed by atoms with van der Waals surface area (Å²) in [5.74, 6) is -0.321. The highest BCUT2D eigenvalue weighted by Crippen LogP contribution is 2.37. The summed E-state index contributed by atoms with van der Waals surface area (Å²) in [6.07, 6.45) is 0.377. The number of aryl methyl sites for hydroxylation is 1. The summed E-state index contributed by atoms with van der Waals surface area (Å²) in [6.45, 7) is 3.87. The lowest BCUT2D eigenvalue weighted by atomic mass is 9.94. The molecule has 100 valence electrons. The van der Waals surface area contributed by atoms with Crippen molar-refractivity contribution in [3.05, 3.63) is 27.8 Å². The fourth-order valence-corrected chi connectivity index (χ4v) is 2.30. The molecule has 0 aromatic heterocycles. The van der Waals surface area contributed by atoms with E-state index in [0.29, 0.717) is 17.2 Å². The minimum Gasteiger partial charge on any atom is -0.495 e. The predicted octanol–water partition coefficient (Wildman–Crippen LogP) is 2.83. The van der Waals surface area contributed by atoms with Crippen LogP contribution in [0.1, 0.15) is 35.6 Å². The van der Waals surface area contributed by atoms with Gasteiger partial charge in [0, 0.05) is 18.0 Å². The van der Waals surface area contributed by atoms with Gasteiger partial charge in [0.05, 0.1) is 12.1 Å². The summed E-state index contributed by atoms with van der Waals surface area (Å²) in [6, 6.07) is 1.43. The normalized spacial score (nSPS) is 12.3. The van der Waals surface area contributed by atoms with E-state index in [4.69, 9.17) is 27.2 Å². The fourth-order valence-electron chi connectivity index (χ4n) is 1.95. The molecule has 1 aromatic carbocycles. The molecule has 1 unspecified atom stereocenters. The minimum absolute atomic E-state index is 0.0231. The molecule has 5 heteroatoms. The second-order valence-corrected chi connectivity index (χ2v) is 4.69.